The number of aryl methyl sites for hydroxylation is 1. The van der Waals surface area contributed by atoms with E-state index in [2.05, 4.69) is 71.8 Å². The molecule has 2 aliphatic rings. The number of ether oxygens (including phenoxy) is 1. The van der Waals surface area contributed by atoms with Crippen LogP contribution in [0.2, 0.25) is 0 Å². The Morgan fingerprint density at radius 3 is 2.34 bits per heavy atom. The lowest BCUT2D eigenvalue weighted by Crippen LogP contribution is -2.49. The predicted molar refractivity (Wildman–Crippen MR) is 128 cm³/mol. The summed E-state index contributed by atoms with van der Waals surface area (Å²) in [5, 5.41) is 1.98. The molecule has 0 saturated carbocycles. The zero-order valence-electron chi connectivity index (χ0n) is 20.0. The lowest BCUT2D eigenvalue weighted by atomic mass is 10.1. The number of carbonyl (C=O) groups excluding carboxylic acids is 1. The van der Waals surface area contributed by atoms with Gasteiger partial charge in [-0.15, -0.1) is 0 Å². The van der Waals surface area contributed by atoms with Gasteiger partial charge in [-0.3, -0.25) is 10.2 Å². The standard InChI is InChI=1S/C25H37N5O2/c1-5-27-10-12-28(13-11-27)23-20(3)24(25(31)26-29-14-16-32-17-15-29)30(21(23)4)18-22-9-7-6-8-19(22)2/h6-9H,5,10-18H2,1-4H3,(H,26,31). The van der Waals surface area contributed by atoms with Crippen LogP contribution in [0.15, 0.2) is 24.3 Å². The Morgan fingerprint density at radius 2 is 1.69 bits per heavy atom. The summed E-state index contributed by atoms with van der Waals surface area (Å²) < 4.78 is 7.66. The van der Waals surface area contributed by atoms with E-state index in [-0.39, 0.29) is 5.91 Å². The van der Waals surface area contributed by atoms with E-state index in [1.165, 1.54) is 22.5 Å². The highest BCUT2D eigenvalue weighted by atomic mass is 16.5. The van der Waals surface area contributed by atoms with Crippen molar-refractivity contribution in [3.63, 3.8) is 0 Å². The van der Waals surface area contributed by atoms with Crippen molar-refractivity contribution < 1.29 is 9.53 Å². The van der Waals surface area contributed by atoms with Crippen LogP contribution in [0.1, 0.15) is 39.8 Å². The number of hydrogen-bond donors (Lipinski definition) is 1. The predicted octanol–water partition coefficient (Wildman–Crippen LogP) is 2.58. The zero-order chi connectivity index (χ0) is 22.7. The first kappa shape index (κ1) is 22.8. The Hall–Kier alpha value is -2.35. The SMILES string of the molecule is CCN1CCN(c2c(C)c(C(=O)NN3CCOCC3)n(Cc3ccccc3C)c2C)CC1. The molecule has 174 valence electrons. The summed E-state index contributed by atoms with van der Waals surface area (Å²) in [6.45, 7) is 17.3. The fourth-order valence-electron chi connectivity index (χ4n) is 4.96. The van der Waals surface area contributed by atoms with Crippen molar-refractivity contribution in [2.75, 3.05) is 63.9 Å². The number of benzene rings is 1. The maximum atomic E-state index is 13.5. The summed E-state index contributed by atoms with van der Waals surface area (Å²) in [6, 6.07) is 8.44. The van der Waals surface area contributed by atoms with Crippen molar-refractivity contribution in [3.05, 3.63) is 52.3 Å². The second-order valence-electron chi connectivity index (χ2n) is 8.88. The minimum atomic E-state index is -0.0282. The molecule has 2 aromatic rings. The summed E-state index contributed by atoms with van der Waals surface area (Å²) in [5.41, 5.74) is 9.87. The van der Waals surface area contributed by atoms with Crippen molar-refractivity contribution >= 4 is 11.6 Å². The number of hydrogen-bond acceptors (Lipinski definition) is 5. The molecule has 4 rings (SSSR count). The Balaban J connectivity index is 1.69. The quantitative estimate of drug-likeness (QED) is 0.750. The van der Waals surface area contributed by atoms with Gasteiger partial charge in [0.2, 0.25) is 0 Å². The molecular formula is C25H37N5O2. The number of likely N-dealkylation sites (N-methyl/N-ethyl adjacent to an activating group) is 1. The van der Waals surface area contributed by atoms with Gasteiger partial charge < -0.3 is 19.1 Å². The van der Waals surface area contributed by atoms with Gasteiger partial charge in [0.15, 0.2) is 0 Å². The fraction of sp³-hybridized carbons (Fsp3) is 0.560. The second kappa shape index (κ2) is 10.1. The summed E-state index contributed by atoms with van der Waals surface area (Å²) in [5.74, 6) is -0.0282. The van der Waals surface area contributed by atoms with E-state index < -0.39 is 0 Å². The van der Waals surface area contributed by atoms with Gasteiger partial charge in [-0.2, -0.15) is 0 Å². The van der Waals surface area contributed by atoms with E-state index in [0.29, 0.717) is 32.8 Å². The van der Waals surface area contributed by atoms with Gasteiger partial charge >= 0.3 is 0 Å². The third-order valence-electron chi connectivity index (χ3n) is 6.94. The largest absolute Gasteiger partial charge is 0.379 e. The number of nitrogens with one attached hydrogen (secondary N) is 1. The van der Waals surface area contributed by atoms with Gasteiger partial charge in [-0.1, -0.05) is 31.2 Å². The van der Waals surface area contributed by atoms with Gasteiger partial charge in [-0.05, 0) is 38.4 Å². The summed E-state index contributed by atoms with van der Waals surface area (Å²) >= 11 is 0. The Morgan fingerprint density at radius 1 is 1.00 bits per heavy atom. The number of carbonyl (C=O) groups is 1. The third kappa shape index (κ3) is 4.70. The van der Waals surface area contributed by atoms with Crippen molar-refractivity contribution in [1.29, 1.82) is 0 Å². The average molecular weight is 440 g/mol. The van der Waals surface area contributed by atoms with Gasteiger partial charge in [0.1, 0.15) is 5.69 Å². The molecule has 2 aliphatic heterocycles. The molecule has 0 bridgehead atoms. The van der Waals surface area contributed by atoms with Gasteiger partial charge in [0.05, 0.1) is 18.9 Å². The maximum absolute atomic E-state index is 13.5. The van der Waals surface area contributed by atoms with Crippen LogP contribution in [0, 0.1) is 20.8 Å². The Labute approximate surface area is 191 Å². The minimum absolute atomic E-state index is 0.0282. The number of rotatable bonds is 6. The van der Waals surface area contributed by atoms with Crippen LogP contribution in [0.4, 0.5) is 5.69 Å². The number of piperazine rings is 1. The smallest absolute Gasteiger partial charge is 0.282 e. The molecule has 1 aromatic heterocycles. The maximum Gasteiger partial charge on any atom is 0.282 e. The number of aromatic nitrogens is 1. The number of anilines is 1. The van der Waals surface area contributed by atoms with E-state index in [1.54, 1.807) is 0 Å². The fourth-order valence-corrected chi connectivity index (χ4v) is 4.96. The molecule has 1 aromatic carbocycles. The highest BCUT2D eigenvalue weighted by Gasteiger charge is 2.29. The first-order valence-electron chi connectivity index (χ1n) is 11.8. The van der Waals surface area contributed by atoms with Crippen molar-refractivity contribution in [2.24, 2.45) is 0 Å². The van der Waals surface area contributed by atoms with Gasteiger partial charge in [-0.25, -0.2) is 5.01 Å². The molecule has 2 fully saturated rings. The third-order valence-corrected chi connectivity index (χ3v) is 6.94. The van der Waals surface area contributed by atoms with E-state index in [4.69, 9.17) is 4.74 Å². The van der Waals surface area contributed by atoms with Crippen molar-refractivity contribution in [3.8, 4) is 0 Å². The molecule has 3 heterocycles. The molecule has 7 nitrogen and oxygen atoms in total. The van der Waals surface area contributed by atoms with Gasteiger partial charge in [0, 0.05) is 57.1 Å². The second-order valence-corrected chi connectivity index (χ2v) is 8.88. The average Bonchev–Trinajstić information content (AvgIpc) is 3.05. The summed E-state index contributed by atoms with van der Waals surface area (Å²) in [7, 11) is 0. The van der Waals surface area contributed by atoms with Crippen LogP contribution >= 0.6 is 0 Å². The topological polar surface area (TPSA) is 53.0 Å². The molecule has 0 spiro atoms. The van der Waals surface area contributed by atoms with Crippen LogP contribution in [-0.2, 0) is 11.3 Å². The van der Waals surface area contributed by atoms with Crippen LogP contribution in [0.3, 0.4) is 0 Å². The lowest BCUT2D eigenvalue weighted by molar-refractivity contribution is 0.0123. The van der Waals surface area contributed by atoms with Crippen molar-refractivity contribution in [2.45, 2.75) is 34.2 Å². The highest BCUT2D eigenvalue weighted by Crippen LogP contribution is 2.32. The van der Waals surface area contributed by atoms with Crippen molar-refractivity contribution in [1.82, 2.24) is 19.9 Å². The molecule has 1 N–H and O–H groups in total. The number of hydrazine groups is 1. The molecule has 0 atom stereocenters. The van der Waals surface area contributed by atoms with Gasteiger partial charge in [0.25, 0.3) is 5.91 Å². The first-order chi connectivity index (χ1) is 15.5. The number of morpholine rings is 1. The molecule has 32 heavy (non-hydrogen) atoms. The molecule has 1 amide bonds. The summed E-state index contributed by atoms with van der Waals surface area (Å²) in [6.07, 6.45) is 0. The lowest BCUT2D eigenvalue weighted by Gasteiger charge is -2.36. The van der Waals surface area contributed by atoms with Crippen LogP contribution < -0.4 is 10.3 Å². The molecule has 0 radical (unpaired) electrons. The van der Waals surface area contributed by atoms with E-state index in [0.717, 1.165) is 44.0 Å². The molecular weight excluding hydrogens is 402 g/mol. The van der Waals surface area contributed by atoms with Crippen LogP contribution in [-0.4, -0.2) is 79.4 Å². The minimum Gasteiger partial charge on any atom is -0.379 e. The summed E-state index contributed by atoms with van der Waals surface area (Å²) in [4.78, 5) is 18.5. The molecule has 2 saturated heterocycles. The number of amides is 1. The van der Waals surface area contributed by atoms with E-state index in [1.807, 2.05) is 5.01 Å². The first-order valence-corrected chi connectivity index (χ1v) is 11.8. The molecule has 7 heteroatoms. The van der Waals surface area contributed by atoms with Crippen LogP contribution in [0.25, 0.3) is 0 Å². The van der Waals surface area contributed by atoms with E-state index >= 15 is 0 Å². The Kier molecular flexibility index (Phi) is 7.18. The number of nitrogens with zero attached hydrogens (tertiary/aromatic N) is 4. The molecule has 0 aliphatic carbocycles. The van der Waals surface area contributed by atoms with Crippen LogP contribution in [0.5, 0.6) is 0 Å². The van der Waals surface area contributed by atoms with E-state index in [9.17, 15) is 4.79 Å². The Bertz CT molecular complexity index is 940. The zero-order valence-corrected chi connectivity index (χ0v) is 20.0. The molecule has 0 unspecified atom stereocenters. The normalized spacial score (nSPS) is 18.2. The monoisotopic (exact) mass is 439 g/mol. The highest BCUT2D eigenvalue weighted by molar-refractivity contribution is 5.96.